The molecule has 3 heterocycles. The van der Waals surface area contributed by atoms with Gasteiger partial charge in [-0.25, -0.2) is 8.78 Å². The molecule has 1 aromatic carbocycles. The fourth-order valence-electron chi connectivity index (χ4n) is 4.96. The number of aromatic nitrogens is 2. The number of hydrogen-bond donors (Lipinski definition) is 2. The SMILES string of the molecule is CO[C@@H](C)CNCc1cc(C(=O)Nc2cc(-c3ccc(Cl)cc3C(=O)N3CC(F)(F)C3)cc(OCC(F)(F)F)n2)c(=O)n(C2CC2)c1. The molecule has 2 aromatic heterocycles. The molecule has 10 nitrogen and oxygen atoms in total. The topological polar surface area (TPSA) is 115 Å². The predicted octanol–water partition coefficient (Wildman–Crippen LogP) is 5.31. The van der Waals surface area contributed by atoms with Crippen molar-refractivity contribution in [3.05, 3.63) is 74.7 Å². The van der Waals surface area contributed by atoms with Crippen LogP contribution in [0.4, 0.5) is 27.8 Å². The third-order valence-electron chi connectivity index (χ3n) is 7.53. The number of amides is 2. The van der Waals surface area contributed by atoms with Gasteiger partial charge in [0.05, 0.1) is 19.2 Å². The van der Waals surface area contributed by atoms with Gasteiger partial charge in [-0.3, -0.25) is 14.4 Å². The van der Waals surface area contributed by atoms with Gasteiger partial charge in [-0.1, -0.05) is 17.7 Å². The van der Waals surface area contributed by atoms with Gasteiger partial charge in [-0.2, -0.15) is 18.2 Å². The van der Waals surface area contributed by atoms with Crippen LogP contribution in [-0.2, 0) is 11.3 Å². The molecule has 1 aliphatic carbocycles. The molecule has 1 saturated heterocycles. The number of carbonyl (C=O) groups excluding carboxylic acids is 2. The molecule has 47 heavy (non-hydrogen) atoms. The summed E-state index contributed by atoms with van der Waals surface area (Å²) >= 11 is 6.11. The molecule has 0 radical (unpaired) electrons. The van der Waals surface area contributed by atoms with Crippen LogP contribution in [-0.4, -0.2) is 77.8 Å². The van der Waals surface area contributed by atoms with Crippen molar-refractivity contribution < 1.29 is 41.0 Å². The molecule has 1 saturated carbocycles. The van der Waals surface area contributed by atoms with E-state index in [1.54, 1.807) is 13.3 Å². The van der Waals surface area contributed by atoms with Crippen molar-refractivity contribution in [2.75, 3.05) is 38.7 Å². The highest BCUT2D eigenvalue weighted by atomic mass is 35.5. The lowest BCUT2D eigenvalue weighted by Gasteiger charge is -2.39. The molecule has 1 atom stereocenters. The molecule has 2 N–H and O–H groups in total. The number of ether oxygens (including phenoxy) is 2. The van der Waals surface area contributed by atoms with Crippen molar-refractivity contribution in [2.24, 2.45) is 0 Å². The Morgan fingerprint density at radius 3 is 2.49 bits per heavy atom. The van der Waals surface area contributed by atoms with Crippen LogP contribution in [0.25, 0.3) is 11.1 Å². The van der Waals surface area contributed by atoms with Crippen LogP contribution in [0.2, 0.25) is 5.02 Å². The zero-order valence-corrected chi connectivity index (χ0v) is 26.1. The normalized spacial score (nSPS) is 16.4. The average Bonchev–Trinajstić information content (AvgIpc) is 3.84. The number of nitrogens with one attached hydrogen (secondary N) is 2. The minimum atomic E-state index is -4.73. The third kappa shape index (κ3) is 8.64. The molecule has 5 rings (SSSR count). The number of nitrogens with zero attached hydrogens (tertiary/aromatic N) is 3. The van der Waals surface area contributed by atoms with Crippen LogP contribution in [0.3, 0.4) is 0 Å². The van der Waals surface area contributed by atoms with E-state index in [0.717, 1.165) is 23.8 Å². The molecule has 16 heteroatoms. The van der Waals surface area contributed by atoms with Gasteiger partial charge < -0.3 is 29.6 Å². The summed E-state index contributed by atoms with van der Waals surface area (Å²) in [5, 5.41) is 5.78. The van der Waals surface area contributed by atoms with Crippen molar-refractivity contribution in [3.63, 3.8) is 0 Å². The van der Waals surface area contributed by atoms with Gasteiger partial charge >= 0.3 is 6.18 Å². The number of alkyl halides is 5. The number of hydrogen-bond acceptors (Lipinski definition) is 7. The van der Waals surface area contributed by atoms with Crippen molar-refractivity contribution in [1.82, 2.24) is 19.8 Å². The second-order valence-electron chi connectivity index (χ2n) is 11.5. The van der Waals surface area contributed by atoms with Crippen molar-refractivity contribution >= 4 is 29.2 Å². The molecule has 0 unspecified atom stereocenters. The number of carbonyl (C=O) groups is 2. The summed E-state index contributed by atoms with van der Waals surface area (Å²) in [5.74, 6) is -5.55. The first-order chi connectivity index (χ1) is 22.1. The van der Waals surface area contributed by atoms with Crippen LogP contribution >= 0.6 is 11.6 Å². The second kappa shape index (κ2) is 13.6. The fraction of sp³-hybridized carbons (Fsp3) is 0.419. The van der Waals surface area contributed by atoms with Crippen LogP contribution in [0.1, 0.15) is 52.1 Å². The van der Waals surface area contributed by atoms with Gasteiger partial charge in [0.25, 0.3) is 23.3 Å². The number of benzene rings is 1. The Morgan fingerprint density at radius 2 is 1.85 bits per heavy atom. The largest absolute Gasteiger partial charge is 0.468 e. The molecule has 252 valence electrons. The summed E-state index contributed by atoms with van der Waals surface area (Å²) in [5.41, 5.74) is -0.0582. The molecule has 2 amide bonds. The van der Waals surface area contributed by atoms with Gasteiger partial charge in [-0.05, 0) is 60.7 Å². The van der Waals surface area contributed by atoms with Crippen LogP contribution < -0.4 is 20.9 Å². The maximum atomic E-state index is 13.5. The number of methoxy groups -OCH3 is 1. The van der Waals surface area contributed by atoms with Crippen LogP contribution in [0.15, 0.2) is 47.4 Å². The van der Waals surface area contributed by atoms with Gasteiger partial charge in [0.1, 0.15) is 11.4 Å². The maximum Gasteiger partial charge on any atom is 0.422 e. The standard InChI is InChI=1S/C31H31ClF5N5O5/c1-17(46-2)11-38-12-18-7-24(29(45)42(13-18)21-4-5-21)27(43)40-25-8-19(9-26(39-25)47-16-31(35,36)37)22-6-3-20(32)10-23(22)28(44)41-14-30(33,34)15-41/h3,6-10,13,17,21,38H,4-5,11-12,14-16H2,1-2H3,(H,39,40,43)/t17-/m0/s1. The number of anilines is 1. The summed E-state index contributed by atoms with van der Waals surface area (Å²) in [6.45, 7) is -0.637. The number of rotatable bonds is 12. The highest BCUT2D eigenvalue weighted by Gasteiger charge is 2.46. The molecule has 0 spiro atoms. The minimum Gasteiger partial charge on any atom is -0.468 e. The first-order valence-electron chi connectivity index (χ1n) is 14.6. The van der Waals surface area contributed by atoms with Gasteiger partial charge in [-0.15, -0.1) is 0 Å². The lowest BCUT2D eigenvalue weighted by Crippen LogP contribution is -2.58. The summed E-state index contributed by atoms with van der Waals surface area (Å²) in [6.07, 6.45) is -1.61. The lowest BCUT2D eigenvalue weighted by atomic mass is 9.97. The summed E-state index contributed by atoms with van der Waals surface area (Å²) in [6, 6.07) is 7.77. The smallest absolute Gasteiger partial charge is 0.422 e. The Hall–Kier alpha value is -4.08. The first-order valence-corrected chi connectivity index (χ1v) is 15.0. The highest BCUT2D eigenvalue weighted by molar-refractivity contribution is 6.31. The number of halogens is 6. The van der Waals surface area contributed by atoms with E-state index in [0.29, 0.717) is 18.7 Å². The monoisotopic (exact) mass is 683 g/mol. The Bertz CT molecular complexity index is 1720. The predicted molar refractivity (Wildman–Crippen MR) is 162 cm³/mol. The quantitative estimate of drug-likeness (QED) is 0.249. The molecule has 2 aliphatic rings. The van der Waals surface area contributed by atoms with E-state index < -0.39 is 55.0 Å². The highest BCUT2D eigenvalue weighted by Crippen LogP contribution is 2.36. The molecular weight excluding hydrogens is 653 g/mol. The zero-order chi connectivity index (χ0) is 34.1. The molecular formula is C31H31ClF5N5O5. The Kier molecular flexibility index (Phi) is 9.89. The van der Waals surface area contributed by atoms with E-state index >= 15 is 0 Å². The Morgan fingerprint density at radius 1 is 1.13 bits per heavy atom. The fourth-order valence-corrected chi connectivity index (χ4v) is 5.13. The molecule has 3 aromatic rings. The van der Waals surface area contributed by atoms with E-state index in [9.17, 15) is 36.3 Å². The van der Waals surface area contributed by atoms with E-state index in [1.165, 1.54) is 34.9 Å². The molecule has 0 bridgehead atoms. The van der Waals surface area contributed by atoms with Crippen molar-refractivity contribution in [1.29, 1.82) is 0 Å². The lowest BCUT2D eigenvalue weighted by molar-refractivity contribution is -0.154. The molecule has 2 fully saturated rings. The number of pyridine rings is 2. The van der Waals surface area contributed by atoms with Gasteiger partial charge in [0.15, 0.2) is 6.61 Å². The van der Waals surface area contributed by atoms with Crippen LogP contribution in [0, 0.1) is 0 Å². The van der Waals surface area contributed by atoms with Crippen molar-refractivity contribution in [2.45, 2.75) is 50.6 Å². The van der Waals surface area contributed by atoms with Gasteiger partial charge in [0, 0.05) is 49.1 Å². The van der Waals surface area contributed by atoms with E-state index in [-0.39, 0.29) is 45.2 Å². The Balaban J connectivity index is 1.49. The third-order valence-corrected chi connectivity index (χ3v) is 7.76. The maximum absolute atomic E-state index is 13.5. The number of likely N-dealkylation sites (tertiary alicyclic amines) is 1. The Labute approximate surface area is 270 Å². The average molecular weight is 684 g/mol. The van der Waals surface area contributed by atoms with E-state index in [1.807, 2.05) is 6.92 Å². The second-order valence-corrected chi connectivity index (χ2v) is 12.0. The van der Waals surface area contributed by atoms with E-state index in [4.69, 9.17) is 21.1 Å². The summed E-state index contributed by atoms with van der Waals surface area (Å²) < 4.78 is 77.8. The first kappa shape index (κ1) is 34.3. The molecule has 1 aliphatic heterocycles. The van der Waals surface area contributed by atoms with Crippen LogP contribution in [0.5, 0.6) is 5.88 Å². The van der Waals surface area contributed by atoms with E-state index in [2.05, 4.69) is 15.6 Å². The van der Waals surface area contributed by atoms with Crippen molar-refractivity contribution in [3.8, 4) is 17.0 Å². The summed E-state index contributed by atoms with van der Waals surface area (Å²) in [7, 11) is 1.57. The zero-order valence-electron chi connectivity index (χ0n) is 25.3. The summed E-state index contributed by atoms with van der Waals surface area (Å²) in [4.78, 5) is 44.9. The minimum absolute atomic E-state index is 0.0667. The van der Waals surface area contributed by atoms with Gasteiger partial charge in [0.2, 0.25) is 5.88 Å².